The smallest absolute Gasteiger partial charge is 0.206 e. The molecule has 2 aromatic rings. The van der Waals surface area contributed by atoms with Gasteiger partial charge in [-0.2, -0.15) is 5.10 Å². The van der Waals surface area contributed by atoms with Gasteiger partial charge in [-0.1, -0.05) is 43.5 Å². The second kappa shape index (κ2) is 9.37. The average Bonchev–Trinajstić information content (AvgIpc) is 3.15. The Hall–Kier alpha value is -2.14. The van der Waals surface area contributed by atoms with Crippen molar-refractivity contribution in [2.75, 3.05) is 7.11 Å². The summed E-state index contributed by atoms with van der Waals surface area (Å²) in [6.45, 7) is 0. The number of hydrogen-bond donors (Lipinski definition) is 0. The maximum Gasteiger partial charge on any atom is 0.206 e. The SMILES string of the molecule is COc1ccccc1-c1csc(=NC2CCCCC2)n1N=CC1CC=CCC1. The van der Waals surface area contributed by atoms with E-state index in [4.69, 9.17) is 14.8 Å². The number of benzene rings is 1. The molecule has 2 aliphatic rings. The van der Waals surface area contributed by atoms with Gasteiger partial charge in [0.05, 0.1) is 18.8 Å². The first kappa shape index (κ1) is 19.2. The van der Waals surface area contributed by atoms with Crippen LogP contribution in [0.5, 0.6) is 5.75 Å². The van der Waals surface area contributed by atoms with Gasteiger partial charge in [-0.15, -0.1) is 11.3 Å². The van der Waals surface area contributed by atoms with Crippen molar-refractivity contribution in [3.8, 4) is 17.0 Å². The summed E-state index contributed by atoms with van der Waals surface area (Å²) in [6, 6.07) is 8.58. The van der Waals surface area contributed by atoms with Gasteiger partial charge in [0.1, 0.15) is 5.75 Å². The molecule has 0 amide bonds. The average molecular weight is 396 g/mol. The van der Waals surface area contributed by atoms with Gasteiger partial charge in [-0.05, 0) is 50.2 Å². The molecule has 1 heterocycles. The number of aromatic nitrogens is 1. The first-order valence-corrected chi connectivity index (χ1v) is 11.3. The van der Waals surface area contributed by atoms with Crippen molar-refractivity contribution in [2.24, 2.45) is 16.0 Å². The monoisotopic (exact) mass is 395 g/mol. The van der Waals surface area contributed by atoms with Crippen LogP contribution in [-0.4, -0.2) is 24.0 Å². The van der Waals surface area contributed by atoms with E-state index in [9.17, 15) is 0 Å². The van der Waals surface area contributed by atoms with Crippen LogP contribution in [0.15, 0.2) is 51.9 Å². The Morgan fingerprint density at radius 3 is 2.75 bits per heavy atom. The van der Waals surface area contributed by atoms with E-state index in [-0.39, 0.29) is 0 Å². The van der Waals surface area contributed by atoms with E-state index in [1.807, 2.05) is 22.9 Å². The molecule has 1 saturated carbocycles. The van der Waals surface area contributed by atoms with Crippen molar-refractivity contribution in [1.29, 1.82) is 0 Å². The largest absolute Gasteiger partial charge is 0.496 e. The fourth-order valence-corrected chi connectivity index (χ4v) is 4.92. The molecule has 148 valence electrons. The molecule has 1 aromatic heterocycles. The summed E-state index contributed by atoms with van der Waals surface area (Å²) >= 11 is 1.68. The highest BCUT2D eigenvalue weighted by Gasteiger charge is 2.16. The molecule has 1 atom stereocenters. The van der Waals surface area contributed by atoms with Crippen molar-refractivity contribution < 1.29 is 4.74 Å². The Balaban J connectivity index is 1.74. The van der Waals surface area contributed by atoms with Crippen LogP contribution in [0, 0.1) is 5.92 Å². The third-order valence-corrected chi connectivity index (χ3v) is 6.47. The molecule has 4 nitrogen and oxygen atoms in total. The normalized spacial score (nSPS) is 21.5. The molecule has 0 aliphatic heterocycles. The molecule has 0 bridgehead atoms. The topological polar surface area (TPSA) is 38.9 Å². The lowest BCUT2D eigenvalue weighted by molar-refractivity contribution is 0.416. The summed E-state index contributed by atoms with van der Waals surface area (Å²) in [7, 11) is 1.72. The van der Waals surface area contributed by atoms with Gasteiger partial charge in [0.2, 0.25) is 4.80 Å². The van der Waals surface area contributed by atoms with E-state index in [1.165, 1.54) is 38.5 Å². The van der Waals surface area contributed by atoms with Gasteiger partial charge >= 0.3 is 0 Å². The fraction of sp³-hybridized carbons (Fsp3) is 0.478. The Labute approximate surface area is 171 Å². The van der Waals surface area contributed by atoms with Gasteiger partial charge in [0.15, 0.2) is 0 Å². The van der Waals surface area contributed by atoms with Crippen LogP contribution >= 0.6 is 11.3 Å². The number of ether oxygens (including phenoxy) is 1. The van der Waals surface area contributed by atoms with E-state index < -0.39 is 0 Å². The predicted octanol–water partition coefficient (Wildman–Crippen LogP) is 5.65. The van der Waals surface area contributed by atoms with Gasteiger partial charge in [0, 0.05) is 17.2 Å². The number of allylic oxidation sites excluding steroid dienone is 2. The lowest BCUT2D eigenvalue weighted by Crippen LogP contribution is -2.19. The number of para-hydroxylation sites is 1. The lowest BCUT2D eigenvalue weighted by atomic mass is 9.96. The third-order valence-electron chi connectivity index (χ3n) is 5.64. The van der Waals surface area contributed by atoms with Crippen LogP contribution in [0.4, 0.5) is 0 Å². The standard InChI is InChI=1S/C23H29N3OS/c1-27-22-15-9-8-14-20(22)21-17-28-23(25-19-12-6-3-7-13-19)26(21)24-16-18-10-4-2-5-11-18/h2,4,8-9,14-19H,3,5-7,10-13H2,1H3. The first-order chi connectivity index (χ1) is 13.8. The van der Waals surface area contributed by atoms with Crippen LogP contribution in [0.1, 0.15) is 51.4 Å². The summed E-state index contributed by atoms with van der Waals surface area (Å²) in [4.78, 5) is 6.09. The van der Waals surface area contributed by atoms with E-state index in [2.05, 4.69) is 29.8 Å². The van der Waals surface area contributed by atoms with Crippen LogP contribution < -0.4 is 9.54 Å². The minimum atomic E-state index is 0.428. The molecule has 1 aromatic carbocycles. The minimum Gasteiger partial charge on any atom is -0.496 e. The molecule has 0 spiro atoms. The molecule has 4 rings (SSSR count). The highest BCUT2D eigenvalue weighted by molar-refractivity contribution is 7.07. The Kier molecular flexibility index (Phi) is 6.42. The van der Waals surface area contributed by atoms with Crippen LogP contribution in [0.3, 0.4) is 0 Å². The van der Waals surface area contributed by atoms with Gasteiger partial charge in [0.25, 0.3) is 0 Å². The molecular weight excluding hydrogens is 366 g/mol. The quantitative estimate of drug-likeness (QED) is 0.476. The second-order valence-electron chi connectivity index (χ2n) is 7.65. The second-order valence-corrected chi connectivity index (χ2v) is 8.48. The zero-order chi connectivity index (χ0) is 19.2. The summed E-state index contributed by atoms with van der Waals surface area (Å²) in [5.41, 5.74) is 2.12. The molecule has 0 saturated heterocycles. The highest BCUT2D eigenvalue weighted by Crippen LogP contribution is 2.30. The van der Waals surface area contributed by atoms with Crippen LogP contribution in [0.2, 0.25) is 0 Å². The van der Waals surface area contributed by atoms with Crippen LogP contribution in [0.25, 0.3) is 11.3 Å². The molecule has 1 unspecified atom stereocenters. The lowest BCUT2D eigenvalue weighted by Gasteiger charge is -2.17. The van der Waals surface area contributed by atoms with Crippen molar-refractivity contribution in [3.63, 3.8) is 0 Å². The number of hydrogen-bond acceptors (Lipinski definition) is 4. The van der Waals surface area contributed by atoms with Gasteiger partial charge in [-0.3, -0.25) is 4.99 Å². The predicted molar refractivity (Wildman–Crippen MR) is 117 cm³/mol. The number of rotatable bonds is 5. The molecule has 28 heavy (non-hydrogen) atoms. The number of methoxy groups -OCH3 is 1. The molecule has 0 radical (unpaired) electrons. The van der Waals surface area contributed by atoms with E-state index >= 15 is 0 Å². The molecular formula is C23H29N3OS. The first-order valence-electron chi connectivity index (χ1n) is 10.4. The van der Waals surface area contributed by atoms with Crippen molar-refractivity contribution in [3.05, 3.63) is 46.6 Å². The fourth-order valence-electron chi connectivity index (χ4n) is 4.02. The van der Waals surface area contributed by atoms with Crippen molar-refractivity contribution in [2.45, 2.75) is 57.4 Å². The van der Waals surface area contributed by atoms with Gasteiger partial charge < -0.3 is 4.74 Å². The maximum atomic E-state index is 5.61. The summed E-state index contributed by atoms with van der Waals surface area (Å²) in [6.07, 6.45) is 16.4. The van der Waals surface area contributed by atoms with Gasteiger partial charge in [-0.25, -0.2) is 4.68 Å². The van der Waals surface area contributed by atoms with Crippen LogP contribution in [-0.2, 0) is 0 Å². The van der Waals surface area contributed by atoms with E-state index in [1.54, 1.807) is 18.4 Å². The Morgan fingerprint density at radius 2 is 1.96 bits per heavy atom. The third kappa shape index (κ3) is 4.46. The summed E-state index contributed by atoms with van der Waals surface area (Å²) < 4.78 is 7.65. The number of thiazole rings is 1. The number of nitrogens with zero attached hydrogens (tertiary/aromatic N) is 3. The Morgan fingerprint density at radius 1 is 1.11 bits per heavy atom. The molecule has 0 N–H and O–H groups in total. The van der Waals surface area contributed by atoms with Crippen molar-refractivity contribution >= 4 is 17.6 Å². The molecule has 2 aliphatic carbocycles. The molecule has 1 fully saturated rings. The Bertz CT molecular complexity index is 903. The highest BCUT2D eigenvalue weighted by atomic mass is 32.1. The van der Waals surface area contributed by atoms with Crippen molar-refractivity contribution in [1.82, 2.24) is 4.68 Å². The van der Waals surface area contributed by atoms with E-state index in [0.29, 0.717) is 12.0 Å². The minimum absolute atomic E-state index is 0.428. The zero-order valence-electron chi connectivity index (χ0n) is 16.6. The molecule has 5 heteroatoms. The summed E-state index contributed by atoms with van der Waals surface area (Å²) in [5.74, 6) is 1.37. The zero-order valence-corrected chi connectivity index (χ0v) is 17.4. The summed E-state index contributed by atoms with van der Waals surface area (Å²) in [5, 5.41) is 7.09. The van der Waals surface area contributed by atoms with E-state index in [0.717, 1.165) is 34.6 Å². The maximum absolute atomic E-state index is 5.61.